The second-order valence-corrected chi connectivity index (χ2v) is 14.4. The molecule has 1 unspecified atom stereocenters. The second kappa shape index (κ2) is 5.99. The van der Waals surface area contributed by atoms with Crippen LogP contribution in [0.4, 0.5) is 11.6 Å². The van der Waals surface area contributed by atoms with E-state index in [1.807, 2.05) is 0 Å². The van der Waals surface area contributed by atoms with Crippen LogP contribution in [0.5, 0.6) is 0 Å². The maximum absolute atomic E-state index is 15.9. The van der Waals surface area contributed by atoms with Crippen LogP contribution in [0.15, 0.2) is 48.5 Å². The number of benzene rings is 2. The van der Waals surface area contributed by atoms with E-state index >= 15 is 2.86 Å². The van der Waals surface area contributed by atoms with Crippen molar-refractivity contribution in [2.24, 2.45) is 0 Å². The van der Waals surface area contributed by atoms with Crippen molar-refractivity contribution in [1.82, 2.24) is 0 Å². The fourth-order valence-electron chi connectivity index (χ4n) is 2.81. The SMILES string of the molecule is O=S(=O)(O)C(F)(F)[I-](F)(c1ccccc1)c1ccc2c(c1)CCC2. The van der Waals surface area contributed by atoms with Gasteiger partial charge in [-0.3, -0.25) is 0 Å². The van der Waals surface area contributed by atoms with E-state index in [2.05, 4.69) is 0 Å². The Morgan fingerprint density at radius 2 is 1.58 bits per heavy atom. The van der Waals surface area contributed by atoms with Crippen molar-refractivity contribution in [3.05, 3.63) is 66.8 Å². The molecule has 24 heavy (non-hydrogen) atoms. The number of fused-ring (bicyclic) bond motifs is 1. The maximum atomic E-state index is 15.9. The van der Waals surface area contributed by atoms with Crippen LogP contribution in [0.3, 0.4) is 0 Å². The van der Waals surface area contributed by atoms with E-state index in [1.165, 1.54) is 30.3 Å². The molecule has 0 saturated heterocycles. The van der Waals surface area contributed by atoms with Crippen LogP contribution in [-0.2, 0) is 23.0 Å². The minimum atomic E-state index is -6.14. The fraction of sp³-hybridized carbons (Fsp3) is 0.250. The zero-order chi connectivity index (χ0) is 17.6. The van der Waals surface area contributed by atoms with Crippen molar-refractivity contribution in [3.63, 3.8) is 0 Å². The molecule has 0 spiro atoms. The van der Waals surface area contributed by atoms with E-state index in [4.69, 9.17) is 4.55 Å². The summed E-state index contributed by atoms with van der Waals surface area (Å²) in [5.41, 5.74) is 1.73. The zero-order valence-electron chi connectivity index (χ0n) is 12.4. The molecule has 1 aliphatic rings. The number of halogens is 4. The van der Waals surface area contributed by atoms with Crippen molar-refractivity contribution in [2.75, 3.05) is 0 Å². The first kappa shape index (κ1) is 17.7. The van der Waals surface area contributed by atoms with Gasteiger partial charge in [0.05, 0.1) is 0 Å². The molecule has 8 heteroatoms. The zero-order valence-corrected chi connectivity index (χ0v) is 15.4. The molecular formula is C16H15F3IO3S-. The quantitative estimate of drug-likeness (QED) is 0.406. The van der Waals surface area contributed by atoms with Crippen LogP contribution in [0.2, 0.25) is 0 Å². The molecule has 2 aromatic rings. The van der Waals surface area contributed by atoms with E-state index in [0.717, 1.165) is 36.1 Å². The van der Waals surface area contributed by atoms with E-state index in [1.54, 1.807) is 6.07 Å². The minimum absolute atomic E-state index is 0.309. The van der Waals surface area contributed by atoms with Crippen LogP contribution < -0.4 is 19.0 Å². The van der Waals surface area contributed by atoms with Gasteiger partial charge in [-0.05, 0) is 0 Å². The molecule has 3 nitrogen and oxygen atoms in total. The number of aryl methyl sites for hydroxylation is 2. The Morgan fingerprint density at radius 3 is 2.21 bits per heavy atom. The molecule has 0 heterocycles. The number of rotatable bonds is 4. The third kappa shape index (κ3) is 2.64. The molecule has 1 aliphatic carbocycles. The van der Waals surface area contributed by atoms with Gasteiger partial charge in [0, 0.05) is 0 Å². The van der Waals surface area contributed by atoms with Crippen LogP contribution >= 0.6 is 0 Å². The average Bonchev–Trinajstić information content (AvgIpc) is 3.01. The molecule has 0 radical (unpaired) electrons. The third-order valence-electron chi connectivity index (χ3n) is 3.99. The molecule has 132 valence electrons. The first-order chi connectivity index (χ1) is 11.2. The number of hydrogen-bond donors (Lipinski definition) is 1. The van der Waals surface area contributed by atoms with Gasteiger partial charge in [-0.15, -0.1) is 0 Å². The van der Waals surface area contributed by atoms with Gasteiger partial charge < -0.3 is 0 Å². The molecule has 2 aromatic carbocycles. The molecule has 0 aliphatic heterocycles. The molecule has 3 rings (SSSR count). The molecule has 1 N–H and O–H groups in total. The summed E-state index contributed by atoms with van der Waals surface area (Å²) in [4.78, 5) is 0. The Kier molecular flexibility index (Phi) is 4.42. The summed E-state index contributed by atoms with van der Waals surface area (Å²) in [6.45, 7) is 0. The normalized spacial score (nSPS) is 18.7. The van der Waals surface area contributed by atoms with Crippen molar-refractivity contribution in [1.29, 1.82) is 0 Å². The van der Waals surface area contributed by atoms with Gasteiger partial charge in [0.1, 0.15) is 0 Å². The van der Waals surface area contributed by atoms with Crippen molar-refractivity contribution in [2.45, 2.75) is 22.5 Å². The van der Waals surface area contributed by atoms with Gasteiger partial charge in [0.25, 0.3) is 0 Å². The molecular weight excluding hydrogens is 456 g/mol. The third-order valence-corrected chi connectivity index (χ3v) is 14.2. The monoisotopic (exact) mass is 471 g/mol. The fourth-order valence-corrected chi connectivity index (χ4v) is 11.6. The van der Waals surface area contributed by atoms with Gasteiger partial charge in [-0.2, -0.15) is 0 Å². The topological polar surface area (TPSA) is 54.4 Å². The number of hydrogen-bond acceptors (Lipinski definition) is 2. The first-order valence-corrected chi connectivity index (χ1v) is 12.7. The molecule has 0 aromatic heterocycles. The van der Waals surface area contributed by atoms with Crippen LogP contribution in [-0.4, -0.2) is 16.2 Å². The van der Waals surface area contributed by atoms with Gasteiger partial charge in [-0.1, -0.05) is 0 Å². The van der Waals surface area contributed by atoms with E-state index in [0.29, 0.717) is 6.42 Å². The summed E-state index contributed by atoms with van der Waals surface area (Å²) < 4.78 is 71.1. The molecule has 0 saturated carbocycles. The predicted octanol–water partition coefficient (Wildman–Crippen LogP) is 0.698. The van der Waals surface area contributed by atoms with Gasteiger partial charge in [0.2, 0.25) is 0 Å². The Labute approximate surface area is 142 Å². The van der Waals surface area contributed by atoms with Gasteiger partial charge >= 0.3 is 143 Å². The van der Waals surface area contributed by atoms with Gasteiger partial charge in [-0.25, -0.2) is 0 Å². The van der Waals surface area contributed by atoms with E-state index in [9.17, 15) is 17.2 Å². The Balaban J connectivity index is 2.28. The molecule has 0 fully saturated rings. The molecule has 0 bridgehead atoms. The summed E-state index contributed by atoms with van der Waals surface area (Å²) >= 11 is -6.14. The summed E-state index contributed by atoms with van der Waals surface area (Å²) in [6, 6.07) is 10.8. The van der Waals surface area contributed by atoms with Crippen LogP contribution in [0.25, 0.3) is 0 Å². The Morgan fingerprint density at radius 1 is 0.958 bits per heavy atom. The Hall–Kier alpha value is -1.13. The molecule has 1 atom stereocenters. The summed E-state index contributed by atoms with van der Waals surface area (Å²) in [5.74, 6) is 0. The molecule has 0 amide bonds. The average molecular weight is 471 g/mol. The number of alkyl halides is 3. The van der Waals surface area contributed by atoms with Crippen molar-refractivity contribution >= 4 is 10.1 Å². The summed E-state index contributed by atoms with van der Waals surface area (Å²) in [5, 5.41) is 0. The van der Waals surface area contributed by atoms with Crippen molar-refractivity contribution in [3.8, 4) is 0 Å². The summed E-state index contributed by atoms with van der Waals surface area (Å²) in [7, 11) is -5.90. The Bertz CT molecular complexity index is 871. The van der Waals surface area contributed by atoms with E-state index in [-0.39, 0.29) is 7.14 Å². The van der Waals surface area contributed by atoms with E-state index < -0.39 is 32.4 Å². The second-order valence-electron chi connectivity index (χ2n) is 5.48. The summed E-state index contributed by atoms with van der Waals surface area (Å²) in [6.07, 6.45) is 2.29. The first-order valence-electron chi connectivity index (χ1n) is 7.16. The standard InChI is InChI=1S/C16H15F3IO3S/c17-16(18,24(21,22)23)20(19,14-7-2-1-3-8-14)15-10-9-12-5-4-6-13(12)11-15/h1-3,7-11H,4-6H2,(H,21,22,23)/q-1. The van der Waals surface area contributed by atoms with Crippen LogP contribution in [0.1, 0.15) is 17.5 Å². The van der Waals surface area contributed by atoms with Gasteiger partial charge in [0.15, 0.2) is 0 Å². The van der Waals surface area contributed by atoms with Crippen molar-refractivity contribution < 1.29 is 43.6 Å². The predicted molar refractivity (Wildman–Crippen MR) is 79.9 cm³/mol. The van der Waals surface area contributed by atoms with Crippen LogP contribution in [0, 0.1) is 7.14 Å².